The Kier molecular flexibility index (Phi) is 5.01. The Balaban J connectivity index is 2.33. The lowest BCUT2D eigenvalue weighted by atomic mass is 9.97. The molecule has 0 amide bonds. The second-order valence-electron chi connectivity index (χ2n) is 8.69. The van der Waals surface area contributed by atoms with Gasteiger partial charge in [0.2, 0.25) is 0 Å². The van der Waals surface area contributed by atoms with Gasteiger partial charge in [-0.15, -0.1) is 0 Å². The van der Waals surface area contributed by atoms with Crippen LogP contribution in [-0.2, 0) is 6.18 Å². The maximum Gasteiger partial charge on any atom is 0.416 e. The summed E-state index contributed by atoms with van der Waals surface area (Å²) in [7, 11) is 0. The smallest absolute Gasteiger partial charge is 0.416 e. The lowest BCUT2D eigenvalue weighted by Crippen LogP contribution is -2.16. The van der Waals surface area contributed by atoms with Gasteiger partial charge >= 0.3 is 6.18 Å². The summed E-state index contributed by atoms with van der Waals surface area (Å²) in [6.45, 7) is 5.06. The minimum absolute atomic E-state index is 0.00469. The molecule has 0 saturated heterocycles. The predicted octanol–water partition coefficient (Wildman–Crippen LogP) is 5.83. The zero-order chi connectivity index (χ0) is 26.8. The van der Waals surface area contributed by atoms with Crippen molar-refractivity contribution in [3.8, 4) is 24.3 Å². The van der Waals surface area contributed by atoms with Crippen molar-refractivity contribution in [2.24, 2.45) is 0 Å². The average molecular weight is 494 g/mol. The molecule has 9 heteroatoms. The van der Waals surface area contributed by atoms with Crippen molar-refractivity contribution < 1.29 is 22.0 Å². The molecule has 0 radical (unpaired) electrons. The SMILES string of the molecule is Cc1cc(C)c2oc3c(=C(C#N)C#N)c4c(oc5c(C)cc(C(F)(F)F)cc54)c(=C(C#N)C#N)c3c2c1. The molecule has 5 rings (SSSR count). The molecular formula is C28H13F3N4O2. The minimum Gasteiger partial charge on any atom is -0.455 e. The summed E-state index contributed by atoms with van der Waals surface area (Å²) in [6.07, 6.45) is -4.68. The fourth-order valence-corrected chi connectivity index (χ4v) is 4.91. The number of benzene rings is 3. The van der Waals surface area contributed by atoms with Crippen LogP contribution in [-0.4, -0.2) is 0 Å². The lowest BCUT2D eigenvalue weighted by Gasteiger charge is -2.07. The molecule has 178 valence electrons. The Morgan fingerprint density at radius 3 is 1.51 bits per heavy atom. The van der Waals surface area contributed by atoms with Crippen molar-refractivity contribution in [1.29, 1.82) is 21.0 Å². The highest BCUT2D eigenvalue weighted by atomic mass is 19.4. The van der Waals surface area contributed by atoms with Crippen molar-refractivity contribution >= 4 is 55.0 Å². The Hall–Kier alpha value is -5.25. The van der Waals surface area contributed by atoms with Gasteiger partial charge in [0.15, 0.2) is 0 Å². The number of alkyl halides is 3. The molecule has 0 bridgehead atoms. The number of hydrogen-bond donors (Lipinski definition) is 0. The predicted molar refractivity (Wildman–Crippen MR) is 129 cm³/mol. The third-order valence-corrected chi connectivity index (χ3v) is 6.32. The maximum absolute atomic E-state index is 13.7. The van der Waals surface area contributed by atoms with Gasteiger partial charge in [-0.2, -0.15) is 34.2 Å². The normalized spacial score (nSPS) is 11.4. The van der Waals surface area contributed by atoms with Gasteiger partial charge in [-0.1, -0.05) is 6.07 Å². The van der Waals surface area contributed by atoms with Crippen molar-refractivity contribution in [2.75, 3.05) is 0 Å². The molecule has 5 aromatic rings. The minimum atomic E-state index is -4.68. The number of halogens is 3. The van der Waals surface area contributed by atoms with E-state index in [9.17, 15) is 34.2 Å². The molecule has 0 spiro atoms. The van der Waals surface area contributed by atoms with Crippen LogP contribution < -0.4 is 10.4 Å². The lowest BCUT2D eigenvalue weighted by molar-refractivity contribution is -0.137. The van der Waals surface area contributed by atoms with Crippen LogP contribution in [0.25, 0.3) is 55.0 Å². The van der Waals surface area contributed by atoms with Gasteiger partial charge in [0.1, 0.15) is 57.8 Å². The second-order valence-corrected chi connectivity index (χ2v) is 8.69. The molecule has 0 aliphatic rings. The van der Waals surface area contributed by atoms with Gasteiger partial charge in [-0.05, 0) is 55.7 Å². The summed E-state index contributed by atoms with van der Waals surface area (Å²) in [5.74, 6) is 0. The van der Waals surface area contributed by atoms with Crippen molar-refractivity contribution in [3.63, 3.8) is 0 Å². The van der Waals surface area contributed by atoms with Crippen LogP contribution in [0.4, 0.5) is 13.2 Å². The van der Waals surface area contributed by atoms with Crippen LogP contribution in [0.1, 0.15) is 22.3 Å². The quantitative estimate of drug-likeness (QED) is 0.267. The summed E-state index contributed by atoms with van der Waals surface area (Å²) >= 11 is 0. The molecule has 0 atom stereocenters. The zero-order valence-electron chi connectivity index (χ0n) is 19.5. The summed E-state index contributed by atoms with van der Waals surface area (Å²) in [5, 5.41) is 40.0. The first-order valence-electron chi connectivity index (χ1n) is 10.8. The van der Waals surface area contributed by atoms with E-state index in [2.05, 4.69) is 0 Å². The van der Waals surface area contributed by atoms with Gasteiger partial charge in [0.25, 0.3) is 0 Å². The van der Waals surface area contributed by atoms with E-state index < -0.39 is 17.3 Å². The Bertz CT molecular complexity index is 2120. The summed E-state index contributed by atoms with van der Waals surface area (Å²) in [4.78, 5) is 0. The maximum atomic E-state index is 13.7. The van der Waals surface area contributed by atoms with Gasteiger partial charge in [0, 0.05) is 21.5 Å². The van der Waals surface area contributed by atoms with Gasteiger partial charge in [0.05, 0.1) is 16.0 Å². The Morgan fingerprint density at radius 1 is 0.649 bits per heavy atom. The number of furan rings is 2. The summed E-state index contributed by atoms with van der Waals surface area (Å²) < 4.78 is 53.4. The zero-order valence-corrected chi connectivity index (χ0v) is 19.5. The third-order valence-electron chi connectivity index (χ3n) is 6.32. The standard InChI is InChI=1S/C28H13F3N4O2/c1-12-4-13(2)24-18(5-12)22-20(15(8-32)9-33)27-23(21(26(22)36-24)16(10-34)11-35)19-7-17(28(29,30)31)6-14(3)25(19)37-27/h4-7H,1-3H3. The number of hydrogen-bond acceptors (Lipinski definition) is 6. The second kappa shape index (κ2) is 7.89. The average Bonchev–Trinajstić information content (AvgIpc) is 3.40. The topological polar surface area (TPSA) is 121 Å². The van der Waals surface area contributed by atoms with E-state index in [1.54, 1.807) is 13.0 Å². The van der Waals surface area contributed by atoms with Gasteiger partial charge in [-0.25, -0.2) is 0 Å². The van der Waals surface area contributed by atoms with Crippen LogP contribution in [0.3, 0.4) is 0 Å². The molecule has 37 heavy (non-hydrogen) atoms. The highest BCUT2D eigenvalue weighted by Gasteiger charge is 2.33. The Labute approximate surface area is 206 Å². The van der Waals surface area contributed by atoms with Gasteiger partial charge < -0.3 is 8.83 Å². The van der Waals surface area contributed by atoms with E-state index in [0.29, 0.717) is 16.5 Å². The first kappa shape index (κ1) is 23.5. The third kappa shape index (κ3) is 3.23. The van der Waals surface area contributed by atoms with Crippen LogP contribution >= 0.6 is 0 Å². The molecule has 0 N–H and O–H groups in total. The molecule has 0 fully saturated rings. The van der Waals surface area contributed by atoms with Gasteiger partial charge in [-0.3, -0.25) is 0 Å². The number of nitrogens with zero attached hydrogens (tertiary/aromatic N) is 4. The highest BCUT2D eigenvalue weighted by molar-refractivity contribution is 6.18. The van der Waals surface area contributed by atoms with Crippen LogP contribution in [0, 0.1) is 66.1 Å². The highest BCUT2D eigenvalue weighted by Crippen LogP contribution is 2.38. The molecule has 2 aromatic heterocycles. The molecule has 2 heterocycles. The first-order valence-corrected chi connectivity index (χ1v) is 10.8. The van der Waals surface area contributed by atoms with Crippen molar-refractivity contribution in [2.45, 2.75) is 26.9 Å². The molecule has 0 saturated carbocycles. The summed E-state index contributed by atoms with van der Waals surface area (Å²) in [5.41, 5.74) is 0.364. The number of aryl methyl sites for hydroxylation is 3. The van der Waals surface area contributed by atoms with E-state index in [-0.39, 0.29) is 54.5 Å². The van der Waals surface area contributed by atoms with E-state index in [0.717, 1.165) is 17.7 Å². The van der Waals surface area contributed by atoms with Crippen molar-refractivity contribution in [1.82, 2.24) is 0 Å². The Morgan fingerprint density at radius 2 is 1.08 bits per heavy atom. The fraction of sp³-hybridized carbons (Fsp3) is 0.143. The molecule has 0 aliphatic carbocycles. The largest absolute Gasteiger partial charge is 0.455 e. The number of nitriles is 4. The molecular weight excluding hydrogens is 481 g/mol. The molecule has 0 aliphatic heterocycles. The monoisotopic (exact) mass is 494 g/mol. The van der Waals surface area contributed by atoms with E-state index in [1.807, 2.05) is 37.3 Å². The fourth-order valence-electron chi connectivity index (χ4n) is 4.91. The van der Waals surface area contributed by atoms with E-state index >= 15 is 0 Å². The van der Waals surface area contributed by atoms with Crippen molar-refractivity contribution in [3.05, 3.63) is 57.0 Å². The first-order chi connectivity index (χ1) is 17.5. The van der Waals surface area contributed by atoms with Crippen LogP contribution in [0.15, 0.2) is 33.1 Å². The van der Waals surface area contributed by atoms with E-state index in [4.69, 9.17) is 8.83 Å². The number of fused-ring (bicyclic) bond motifs is 6. The van der Waals surface area contributed by atoms with E-state index in [1.165, 1.54) is 6.92 Å². The molecule has 6 nitrogen and oxygen atoms in total. The number of rotatable bonds is 0. The van der Waals surface area contributed by atoms with Crippen LogP contribution in [0.5, 0.6) is 0 Å². The van der Waals surface area contributed by atoms with Crippen LogP contribution in [0.2, 0.25) is 0 Å². The molecule has 0 unspecified atom stereocenters. The molecule has 3 aromatic carbocycles. The summed E-state index contributed by atoms with van der Waals surface area (Å²) in [6, 6.07) is 12.7.